The Hall–Kier alpha value is -2.09. The van der Waals surface area contributed by atoms with Crippen molar-refractivity contribution in [1.82, 2.24) is 4.98 Å². The zero-order valence-electron chi connectivity index (χ0n) is 13.3. The van der Waals surface area contributed by atoms with Crippen LogP contribution in [0.4, 0.5) is 0 Å². The molecule has 0 unspecified atom stereocenters. The first-order valence-electron chi connectivity index (χ1n) is 8.18. The summed E-state index contributed by atoms with van der Waals surface area (Å²) in [6.07, 6.45) is 15.5. The van der Waals surface area contributed by atoms with Crippen LogP contribution in [0, 0.1) is 0 Å². The highest BCUT2D eigenvalue weighted by atomic mass is 16.1. The molecule has 0 saturated carbocycles. The van der Waals surface area contributed by atoms with Crippen LogP contribution in [0.5, 0.6) is 0 Å². The summed E-state index contributed by atoms with van der Waals surface area (Å²) in [5, 5.41) is 1.28. The van der Waals surface area contributed by atoms with Gasteiger partial charge in [0.05, 0.1) is 0 Å². The molecule has 0 bridgehead atoms. The first kappa shape index (κ1) is 16.3. The van der Waals surface area contributed by atoms with Crippen molar-refractivity contribution in [3.05, 3.63) is 60.3 Å². The molecule has 116 valence electrons. The highest BCUT2D eigenvalue weighted by Crippen LogP contribution is 2.19. The second-order valence-electron chi connectivity index (χ2n) is 5.54. The fourth-order valence-electron chi connectivity index (χ4n) is 2.57. The van der Waals surface area contributed by atoms with E-state index in [1.165, 1.54) is 16.5 Å². The minimum absolute atomic E-state index is 0.329. The molecule has 2 nitrogen and oxygen atoms in total. The molecule has 0 aliphatic carbocycles. The quantitative estimate of drug-likeness (QED) is 0.620. The van der Waals surface area contributed by atoms with E-state index in [1.54, 1.807) is 0 Å². The molecule has 0 spiro atoms. The molecule has 0 atom stereocenters. The number of hydrogen-bond donors (Lipinski definition) is 1. The van der Waals surface area contributed by atoms with Gasteiger partial charge < -0.3 is 4.98 Å². The van der Waals surface area contributed by atoms with Crippen molar-refractivity contribution in [2.24, 2.45) is 0 Å². The van der Waals surface area contributed by atoms with E-state index in [1.807, 2.05) is 12.1 Å². The van der Waals surface area contributed by atoms with Crippen LogP contribution in [0.25, 0.3) is 10.9 Å². The maximum Gasteiger partial charge on any atom is 0.136 e. The number of ketones is 1. The minimum Gasteiger partial charge on any atom is -0.361 e. The third-order valence-electron chi connectivity index (χ3n) is 3.76. The number of rotatable bonds is 9. The van der Waals surface area contributed by atoms with Gasteiger partial charge in [0.1, 0.15) is 5.78 Å². The van der Waals surface area contributed by atoms with Crippen LogP contribution < -0.4 is 0 Å². The van der Waals surface area contributed by atoms with Crippen molar-refractivity contribution in [3.8, 4) is 0 Å². The summed E-state index contributed by atoms with van der Waals surface area (Å²) >= 11 is 0. The maximum absolute atomic E-state index is 11.8. The highest BCUT2D eigenvalue weighted by Gasteiger charge is 2.04. The second-order valence-corrected chi connectivity index (χ2v) is 5.54. The third-order valence-corrected chi connectivity index (χ3v) is 3.76. The molecule has 2 rings (SSSR count). The van der Waals surface area contributed by atoms with Crippen LogP contribution in [0.1, 0.15) is 44.6 Å². The molecule has 0 radical (unpaired) electrons. The fourth-order valence-corrected chi connectivity index (χ4v) is 2.57. The molecular formula is C20H25NO. The standard InChI is InChI=1S/C20H25NO/c1-2-3-4-5-6-7-12-18(22)13-10-11-17-16-21-20-15-9-8-14-19(17)20/h3-4,6-9,14-16,21H,2,5,10-13H2,1H3/b4-3-,7-6-. The topological polar surface area (TPSA) is 32.9 Å². The van der Waals surface area contributed by atoms with Gasteiger partial charge in [0.2, 0.25) is 0 Å². The summed E-state index contributed by atoms with van der Waals surface area (Å²) in [5.74, 6) is 0.329. The largest absolute Gasteiger partial charge is 0.361 e. The molecular weight excluding hydrogens is 270 g/mol. The van der Waals surface area contributed by atoms with E-state index in [9.17, 15) is 4.79 Å². The lowest BCUT2D eigenvalue weighted by Crippen LogP contribution is -1.96. The monoisotopic (exact) mass is 295 g/mol. The molecule has 2 heteroatoms. The zero-order chi connectivity index (χ0) is 15.6. The smallest absolute Gasteiger partial charge is 0.136 e. The third kappa shape index (κ3) is 5.03. The van der Waals surface area contributed by atoms with Gasteiger partial charge >= 0.3 is 0 Å². The van der Waals surface area contributed by atoms with Gasteiger partial charge in [0.25, 0.3) is 0 Å². The van der Waals surface area contributed by atoms with E-state index in [2.05, 4.69) is 54.5 Å². The highest BCUT2D eigenvalue weighted by molar-refractivity contribution is 5.83. The van der Waals surface area contributed by atoms with E-state index in [-0.39, 0.29) is 0 Å². The molecule has 0 amide bonds. The molecule has 0 aliphatic heterocycles. The minimum atomic E-state index is 0.329. The Kier molecular flexibility index (Phi) is 6.69. The number of allylic oxidation sites excluding steroid dienone is 4. The van der Waals surface area contributed by atoms with Crippen molar-refractivity contribution in [1.29, 1.82) is 0 Å². The Morgan fingerprint density at radius 3 is 2.82 bits per heavy atom. The van der Waals surface area contributed by atoms with Crippen LogP contribution in [-0.2, 0) is 11.2 Å². The van der Waals surface area contributed by atoms with Crippen molar-refractivity contribution in [3.63, 3.8) is 0 Å². The first-order chi connectivity index (χ1) is 10.8. The maximum atomic E-state index is 11.8. The molecule has 0 saturated heterocycles. The Morgan fingerprint density at radius 1 is 1.14 bits per heavy atom. The van der Waals surface area contributed by atoms with Crippen LogP contribution in [-0.4, -0.2) is 10.8 Å². The molecule has 22 heavy (non-hydrogen) atoms. The predicted octanol–water partition coefficient (Wildman–Crippen LogP) is 5.36. The number of aromatic nitrogens is 1. The van der Waals surface area contributed by atoms with Crippen molar-refractivity contribution >= 4 is 16.7 Å². The first-order valence-corrected chi connectivity index (χ1v) is 8.18. The van der Waals surface area contributed by atoms with Gasteiger partial charge in [-0.1, -0.05) is 49.4 Å². The number of aromatic amines is 1. The number of aryl methyl sites for hydroxylation is 1. The van der Waals surface area contributed by atoms with Crippen LogP contribution in [0.15, 0.2) is 54.8 Å². The lowest BCUT2D eigenvalue weighted by Gasteiger charge is -1.99. The van der Waals surface area contributed by atoms with Gasteiger partial charge in [0, 0.05) is 29.9 Å². The van der Waals surface area contributed by atoms with Crippen LogP contribution in [0.2, 0.25) is 0 Å². The predicted molar refractivity (Wildman–Crippen MR) is 94.0 cm³/mol. The number of Topliss-reactive ketones (excluding diaryl/α,β-unsaturated/α-hetero) is 1. The lowest BCUT2D eigenvalue weighted by atomic mass is 10.0. The van der Waals surface area contributed by atoms with Crippen molar-refractivity contribution in [2.45, 2.75) is 45.4 Å². The number of hydrogen-bond acceptors (Lipinski definition) is 1. The number of H-pyrrole nitrogens is 1. The second kappa shape index (κ2) is 9.04. The molecule has 1 aromatic carbocycles. The lowest BCUT2D eigenvalue weighted by molar-refractivity contribution is -0.118. The molecule has 2 aromatic rings. The van der Waals surface area contributed by atoms with E-state index in [0.717, 1.165) is 25.7 Å². The number of para-hydroxylation sites is 1. The number of carbonyl (C=O) groups is 1. The molecule has 1 N–H and O–H groups in total. The summed E-state index contributed by atoms with van der Waals surface area (Å²) in [5.41, 5.74) is 2.48. The van der Waals surface area contributed by atoms with E-state index >= 15 is 0 Å². The molecule has 1 heterocycles. The summed E-state index contributed by atoms with van der Waals surface area (Å²) in [6.45, 7) is 2.12. The van der Waals surface area contributed by atoms with Crippen LogP contribution in [0.3, 0.4) is 0 Å². The number of nitrogens with one attached hydrogen (secondary N) is 1. The van der Waals surface area contributed by atoms with Gasteiger partial charge in [-0.15, -0.1) is 0 Å². The van der Waals surface area contributed by atoms with E-state index < -0.39 is 0 Å². The number of benzene rings is 1. The average molecular weight is 295 g/mol. The Bertz CT molecular complexity index is 649. The van der Waals surface area contributed by atoms with Gasteiger partial charge in [-0.2, -0.15) is 0 Å². The van der Waals surface area contributed by atoms with Gasteiger partial charge in [-0.3, -0.25) is 4.79 Å². The normalized spacial score (nSPS) is 11.9. The Balaban J connectivity index is 1.70. The SMILES string of the molecule is CC/C=C\C/C=C\CC(=O)CCCc1c[nH]c2ccccc12. The number of fused-ring (bicyclic) bond motifs is 1. The van der Waals surface area contributed by atoms with E-state index in [4.69, 9.17) is 0 Å². The van der Waals surface area contributed by atoms with Gasteiger partial charge in [-0.05, 0) is 37.3 Å². The number of carbonyl (C=O) groups excluding carboxylic acids is 1. The van der Waals surface area contributed by atoms with E-state index in [0.29, 0.717) is 18.6 Å². The van der Waals surface area contributed by atoms with Crippen molar-refractivity contribution in [2.75, 3.05) is 0 Å². The molecule has 0 aliphatic rings. The van der Waals surface area contributed by atoms with Crippen LogP contribution >= 0.6 is 0 Å². The molecule has 1 aromatic heterocycles. The zero-order valence-corrected chi connectivity index (χ0v) is 13.3. The summed E-state index contributed by atoms with van der Waals surface area (Å²) in [4.78, 5) is 15.1. The van der Waals surface area contributed by atoms with Crippen molar-refractivity contribution < 1.29 is 4.79 Å². The Labute approximate surface area is 132 Å². The van der Waals surface area contributed by atoms with Gasteiger partial charge in [-0.25, -0.2) is 0 Å². The summed E-state index contributed by atoms with van der Waals surface area (Å²) in [7, 11) is 0. The Morgan fingerprint density at radius 2 is 1.95 bits per heavy atom. The van der Waals surface area contributed by atoms with Gasteiger partial charge in [0.15, 0.2) is 0 Å². The summed E-state index contributed by atoms with van der Waals surface area (Å²) in [6, 6.07) is 8.31. The molecule has 0 fully saturated rings. The average Bonchev–Trinajstić information content (AvgIpc) is 2.94. The summed E-state index contributed by atoms with van der Waals surface area (Å²) < 4.78 is 0. The fraction of sp³-hybridized carbons (Fsp3) is 0.350.